The van der Waals surface area contributed by atoms with Crippen LogP contribution < -0.4 is 5.32 Å². The molecular formula is C11H21NO. The van der Waals surface area contributed by atoms with Gasteiger partial charge < -0.3 is 5.32 Å². The Labute approximate surface area is 81.1 Å². The first-order chi connectivity index (χ1) is 5.99. The Hall–Kier alpha value is -0.370. The highest BCUT2D eigenvalue weighted by atomic mass is 16.1. The maximum Gasteiger partial charge on any atom is 0.149 e. The number of nitrogens with one attached hydrogen (secondary N) is 1. The first-order valence-corrected chi connectivity index (χ1v) is 5.25. The zero-order chi connectivity index (χ0) is 9.90. The van der Waals surface area contributed by atoms with Crippen LogP contribution in [0.2, 0.25) is 0 Å². The lowest BCUT2D eigenvalue weighted by Crippen LogP contribution is -2.31. The molecule has 0 aromatic rings. The van der Waals surface area contributed by atoms with E-state index in [9.17, 15) is 4.79 Å². The number of carbonyl (C=O) groups is 1. The molecule has 1 fully saturated rings. The van der Waals surface area contributed by atoms with Crippen molar-refractivity contribution in [3.63, 3.8) is 0 Å². The Morgan fingerprint density at radius 3 is 2.62 bits per heavy atom. The first-order valence-electron chi connectivity index (χ1n) is 5.25. The van der Waals surface area contributed by atoms with Crippen molar-refractivity contribution in [3.8, 4) is 0 Å². The third-order valence-electron chi connectivity index (χ3n) is 2.57. The van der Waals surface area contributed by atoms with Gasteiger partial charge in [-0.1, -0.05) is 20.8 Å². The van der Waals surface area contributed by atoms with E-state index in [4.69, 9.17) is 0 Å². The van der Waals surface area contributed by atoms with Gasteiger partial charge in [-0.15, -0.1) is 0 Å². The van der Waals surface area contributed by atoms with Crippen molar-refractivity contribution in [3.05, 3.63) is 0 Å². The molecule has 1 aliphatic rings. The molecular weight excluding hydrogens is 162 g/mol. The number of hydrogen-bond donors (Lipinski definition) is 1. The summed E-state index contributed by atoms with van der Waals surface area (Å²) < 4.78 is 0. The molecule has 0 radical (unpaired) electrons. The average molecular weight is 183 g/mol. The number of hydrogen-bond acceptors (Lipinski definition) is 2. The molecule has 0 spiro atoms. The van der Waals surface area contributed by atoms with Crippen LogP contribution in [0.3, 0.4) is 0 Å². The molecule has 2 heteroatoms. The van der Waals surface area contributed by atoms with Gasteiger partial charge in [-0.3, -0.25) is 4.79 Å². The van der Waals surface area contributed by atoms with E-state index in [0.29, 0.717) is 5.78 Å². The van der Waals surface area contributed by atoms with Gasteiger partial charge in [0.2, 0.25) is 0 Å². The molecule has 1 saturated heterocycles. The predicted molar refractivity (Wildman–Crippen MR) is 54.7 cm³/mol. The molecule has 0 amide bonds. The number of Topliss-reactive ketones (excluding diaryl/α,β-unsaturated/α-hetero) is 1. The Morgan fingerprint density at radius 2 is 2.15 bits per heavy atom. The van der Waals surface area contributed by atoms with E-state index in [2.05, 4.69) is 26.1 Å². The molecule has 0 aliphatic carbocycles. The zero-order valence-corrected chi connectivity index (χ0v) is 9.02. The van der Waals surface area contributed by atoms with Gasteiger partial charge in [-0.25, -0.2) is 0 Å². The highest BCUT2D eigenvalue weighted by molar-refractivity contribution is 5.84. The summed E-state index contributed by atoms with van der Waals surface area (Å²) in [6, 6.07) is 0.169. The minimum atomic E-state index is 0.169. The summed E-state index contributed by atoms with van der Waals surface area (Å²) in [4.78, 5) is 11.6. The molecule has 1 N–H and O–H groups in total. The second-order valence-electron chi connectivity index (χ2n) is 5.18. The summed E-state index contributed by atoms with van der Waals surface area (Å²) in [6.45, 7) is 7.57. The molecule has 1 atom stereocenters. The maximum atomic E-state index is 11.6. The van der Waals surface area contributed by atoms with Gasteiger partial charge >= 0.3 is 0 Å². The summed E-state index contributed by atoms with van der Waals surface area (Å²) >= 11 is 0. The lowest BCUT2D eigenvalue weighted by Gasteiger charge is -2.18. The van der Waals surface area contributed by atoms with Crippen molar-refractivity contribution in [2.24, 2.45) is 5.41 Å². The van der Waals surface area contributed by atoms with E-state index in [0.717, 1.165) is 32.2 Å². The summed E-state index contributed by atoms with van der Waals surface area (Å²) in [5.74, 6) is 0.410. The molecule has 1 unspecified atom stereocenters. The molecule has 2 nitrogen and oxygen atoms in total. The predicted octanol–water partition coefficient (Wildman–Crippen LogP) is 2.13. The Morgan fingerprint density at radius 1 is 1.46 bits per heavy atom. The maximum absolute atomic E-state index is 11.6. The van der Waals surface area contributed by atoms with Crippen LogP contribution in [0.15, 0.2) is 0 Å². The van der Waals surface area contributed by atoms with E-state index < -0.39 is 0 Å². The van der Waals surface area contributed by atoms with Crippen molar-refractivity contribution in [1.29, 1.82) is 0 Å². The molecule has 0 aromatic carbocycles. The summed E-state index contributed by atoms with van der Waals surface area (Å²) in [5, 5.41) is 3.24. The van der Waals surface area contributed by atoms with Crippen molar-refractivity contribution < 1.29 is 4.79 Å². The normalized spacial score (nSPS) is 23.5. The van der Waals surface area contributed by atoms with Crippen molar-refractivity contribution >= 4 is 5.78 Å². The standard InChI is InChI=1S/C11H21NO/c1-11(2,3)7-6-10(13)9-5-4-8-12-9/h9,12H,4-8H2,1-3H3. The monoisotopic (exact) mass is 183 g/mol. The summed E-state index contributed by atoms with van der Waals surface area (Å²) in [5.41, 5.74) is 0.286. The highest BCUT2D eigenvalue weighted by Gasteiger charge is 2.23. The number of rotatable bonds is 3. The Balaban J connectivity index is 2.25. The van der Waals surface area contributed by atoms with Gasteiger partial charge in [0.15, 0.2) is 0 Å². The van der Waals surface area contributed by atoms with Crippen LogP contribution in [0, 0.1) is 5.41 Å². The van der Waals surface area contributed by atoms with Gasteiger partial charge in [0.05, 0.1) is 6.04 Å². The van der Waals surface area contributed by atoms with E-state index >= 15 is 0 Å². The Kier molecular flexibility index (Phi) is 3.48. The van der Waals surface area contributed by atoms with Gasteiger partial charge in [0, 0.05) is 6.42 Å². The van der Waals surface area contributed by atoms with Crippen LogP contribution in [-0.4, -0.2) is 18.4 Å². The van der Waals surface area contributed by atoms with E-state index in [1.165, 1.54) is 0 Å². The molecule has 13 heavy (non-hydrogen) atoms. The zero-order valence-electron chi connectivity index (χ0n) is 9.02. The van der Waals surface area contributed by atoms with Crippen molar-refractivity contribution in [2.45, 2.75) is 52.5 Å². The largest absolute Gasteiger partial charge is 0.307 e. The second kappa shape index (κ2) is 4.23. The second-order valence-corrected chi connectivity index (χ2v) is 5.18. The van der Waals surface area contributed by atoms with Gasteiger partial charge in [0.25, 0.3) is 0 Å². The van der Waals surface area contributed by atoms with Gasteiger partial charge in [0.1, 0.15) is 5.78 Å². The van der Waals surface area contributed by atoms with E-state index in [1.54, 1.807) is 0 Å². The molecule has 76 valence electrons. The Bertz CT molecular complexity index is 175. The lowest BCUT2D eigenvalue weighted by molar-refractivity contribution is -0.121. The van der Waals surface area contributed by atoms with Gasteiger partial charge in [-0.05, 0) is 31.2 Å². The summed E-state index contributed by atoms with van der Waals surface area (Å²) in [7, 11) is 0. The molecule has 1 rings (SSSR count). The van der Waals surface area contributed by atoms with Gasteiger partial charge in [-0.2, -0.15) is 0 Å². The minimum absolute atomic E-state index is 0.169. The lowest BCUT2D eigenvalue weighted by atomic mass is 9.88. The topological polar surface area (TPSA) is 29.1 Å². The van der Waals surface area contributed by atoms with E-state index in [-0.39, 0.29) is 11.5 Å². The fourth-order valence-electron chi connectivity index (χ4n) is 1.63. The van der Waals surface area contributed by atoms with Crippen LogP contribution in [0.4, 0.5) is 0 Å². The van der Waals surface area contributed by atoms with Crippen molar-refractivity contribution in [2.75, 3.05) is 6.54 Å². The third-order valence-corrected chi connectivity index (χ3v) is 2.57. The van der Waals surface area contributed by atoms with Crippen LogP contribution >= 0.6 is 0 Å². The average Bonchev–Trinajstić information content (AvgIpc) is 2.50. The molecule has 1 heterocycles. The van der Waals surface area contributed by atoms with E-state index in [1.807, 2.05) is 0 Å². The molecule has 1 aliphatic heterocycles. The first kappa shape index (κ1) is 10.7. The fourth-order valence-corrected chi connectivity index (χ4v) is 1.63. The van der Waals surface area contributed by atoms with Crippen molar-refractivity contribution in [1.82, 2.24) is 5.32 Å². The third kappa shape index (κ3) is 3.90. The smallest absolute Gasteiger partial charge is 0.149 e. The number of ketones is 1. The fraction of sp³-hybridized carbons (Fsp3) is 0.909. The van der Waals surface area contributed by atoms with Crippen LogP contribution in [-0.2, 0) is 4.79 Å². The van der Waals surface area contributed by atoms with Crippen LogP contribution in [0.1, 0.15) is 46.5 Å². The SMILES string of the molecule is CC(C)(C)CCC(=O)C1CCCN1. The molecule has 0 aromatic heterocycles. The highest BCUT2D eigenvalue weighted by Crippen LogP contribution is 2.22. The quantitative estimate of drug-likeness (QED) is 0.726. The summed E-state index contributed by atoms with van der Waals surface area (Å²) in [6.07, 6.45) is 3.94. The van der Waals surface area contributed by atoms with Crippen LogP contribution in [0.25, 0.3) is 0 Å². The van der Waals surface area contributed by atoms with Crippen LogP contribution in [0.5, 0.6) is 0 Å². The number of carbonyl (C=O) groups excluding carboxylic acids is 1. The molecule has 0 saturated carbocycles. The molecule has 0 bridgehead atoms. The minimum Gasteiger partial charge on any atom is -0.307 e.